The first-order valence-electron chi connectivity index (χ1n) is 9.61. The zero-order valence-corrected chi connectivity index (χ0v) is 16.2. The maximum atomic E-state index is 12.6. The summed E-state index contributed by atoms with van der Waals surface area (Å²) in [6, 6.07) is 14.7. The Morgan fingerprint density at radius 2 is 1.74 bits per heavy atom. The third-order valence-electron chi connectivity index (χ3n) is 4.77. The van der Waals surface area contributed by atoms with E-state index in [-0.39, 0.29) is 5.56 Å². The fourth-order valence-corrected chi connectivity index (χ4v) is 3.02. The minimum atomic E-state index is -4.50. The van der Waals surface area contributed by atoms with Crippen LogP contribution in [-0.4, -0.2) is 28.3 Å². The molecule has 9 heteroatoms. The second kappa shape index (κ2) is 8.25. The zero-order chi connectivity index (χ0) is 22.0. The molecule has 0 radical (unpaired) electrons. The van der Waals surface area contributed by atoms with Gasteiger partial charge in [-0.2, -0.15) is 18.3 Å². The number of ether oxygens (including phenoxy) is 1. The Bertz CT molecular complexity index is 1090. The fourth-order valence-electron chi connectivity index (χ4n) is 3.02. The Kier molecular flexibility index (Phi) is 5.50. The van der Waals surface area contributed by atoms with Gasteiger partial charge in [0.15, 0.2) is 6.61 Å². The van der Waals surface area contributed by atoms with E-state index in [0.717, 1.165) is 48.5 Å². The monoisotopic (exact) mass is 429 g/mol. The predicted molar refractivity (Wildman–Crippen MR) is 106 cm³/mol. The number of hydrogen-bond acceptors (Lipinski definition) is 4. The van der Waals surface area contributed by atoms with Crippen LogP contribution in [0.5, 0.6) is 0 Å². The normalized spacial score (nSPS) is 13.6. The van der Waals surface area contributed by atoms with Crippen LogP contribution in [0.15, 0.2) is 60.7 Å². The smallest absolute Gasteiger partial charge is 0.416 e. The van der Waals surface area contributed by atoms with Crippen LogP contribution in [0.25, 0.3) is 5.69 Å². The summed E-state index contributed by atoms with van der Waals surface area (Å²) in [5.41, 5.74) is 0.695. The van der Waals surface area contributed by atoms with Crippen molar-refractivity contribution in [1.29, 1.82) is 0 Å². The number of rotatable bonds is 6. The Labute approximate surface area is 175 Å². The van der Waals surface area contributed by atoms with Gasteiger partial charge in [-0.1, -0.05) is 18.2 Å². The second-order valence-electron chi connectivity index (χ2n) is 7.18. The van der Waals surface area contributed by atoms with Gasteiger partial charge in [-0.3, -0.25) is 4.79 Å². The van der Waals surface area contributed by atoms with Gasteiger partial charge in [0.25, 0.3) is 5.91 Å². The highest BCUT2D eigenvalue weighted by Crippen LogP contribution is 2.40. The minimum Gasteiger partial charge on any atom is -0.452 e. The number of para-hydroxylation sites is 1. The number of aromatic nitrogens is 2. The predicted octanol–water partition coefficient (Wildman–Crippen LogP) is 4.56. The number of amides is 1. The molecule has 1 aromatic heterocycles. The van der Waals surface area contributed by atoms with Crippen LogP contribution in [0.4, 0.5) is 19.0 Å². The van der Waals surface area contributed by atoms with Crippen LogP contribution < -0.4 is 5.32 Å². The lowest BCUT2D eigenvalue weighted by Gasteiger charge is -2.10. The molecule has 0 spiro atoms. The number of halogens is 3. The van der Waals surface area contributed by atoms with E-state index in [2.05, 4.69) is 10.4 Å². The number of nitrogens with zero attached hydrogens (tertiary/aromatic N) is 2. The summed E-state index contributed by atoms with van der Waals surface area (Å²) < 4.78 is 44.4. The highest BCUT2D eigenvalue weighted by atomic mass is 19.4. The van der Waals surface area contributed by atoms with Crippen LogP contribution in [0.2, 0.25) is 0 Å². The van der Waals surface area contributed by atoms with E-state index in [9.17, 15) is 22.8 Å². The molecule has 1 N–H and O–H groups in total. The molecule has 1 saturated carbocycles. The Morgan fingerprint density at radius 1 is 1.06 bits per heavy atom. The van der Waals surface area contributed by atoms with Crippen molar-refractivity contribution < 1.29 is 27.5 Å². The Hall–Kier alpha value is -3.62. The van der Waals surface area contributed by atoms with Crippen LogP contribution in [0.1, 0.15) is 40.4 Å². The number of carbonyl (C=O) groups excluding carboxylic acids is 2. The summed E-state index contributed by atoms with van der Waals surface area (Å²) in [6.45, 7) is -0.585. The first kappa shape index (κ1) is 20.6. The lowest BCUT2D eigenvalue weighted by Crippen LogP contribution is -2.22. The zero-order valence-electron chi connectivity index (χ0n) is 16.2. The molecule has 1 aliphatic rings. The molecule has 2 aromatic carbocycles. The Morgan fingerprint density at radius 3 is 2.35 bits per heavy atom. The average molecular weight is 429 g/mol. The van der Waals surface area contributed by atoms with Crippen molar-refractivity contribution in [3.8, 4) is 5.69 Å². The van der Waals surface area contributed by atoms with Gasteiger partial charge in [-0.25, -0.2) is 9.48 Å². The molecule has 1 amide bonds. The highest BCUT2D eigenvalue weighted by molar-refractivity contribution is 5.95. The van der Waals surface area contributed by atoms with Crippen molar-refractivity contribution in [2.45, 2.75) is 24.9 Å². The number of esters is 1. The standard InChI is InChI=1S/C22H18F3N3O3/c23-22(24,25)16-10-8-15(9-11-16)21(30)31-13-20(29)26-19-12-18(14-6-7-14)27-28(19)17-4-2-1-3-5-17/h1-5,8-12,14H,6-7,13H2,(H,26,29). The van der Waals surface area contributed by atoms with Gasteiger partial charge in [0.2, 0.25) is 0 Å². The SMILES string of the molecule is O=C(COC(=O)c1ccc(C(F)(F)F)cc1)Nc1cc(C2CC2)nn1-c1ccccc1. The van der Waals surface area contributed by atoms with Gasteiger partial charge < -0.3 is 10.1 Å². The van der Waals surface area contributed by atoms with Crippen LogP contribution in [0, 0.1) is 0 Å². The van der Waals surface area contributed by atoms with E-state index in [1.165, 1.54) is 0 Å². The molecule has 0 bridgehead atoms. The number of carbonyl (C=O) groups is 2. The number of anilines is 1. The molecule has 0 aliphatic heterocycles. The van der Waals surface area contributed by atoms with E-state index in [4.69, 9.17) is 4.74 Å². The van der Waals surface area contributed by atoms with E-state index < -0.39 is 30.2 Å². The molecular formula is C22H18F3N3O3. The van der Waals surface area contributed by atoms with Crippen LogP contribution in [0.3, 0.4) is 0 Å². The van der Waals surface area contributed by atoms with E-state index in [0.29, 0.717) is 11.7 Å². The van der Waals surface area contributed by atoms with Gasteiger partial charge >= 0.3 is 12.1 Å². The van der Waals surface area contributed by atoms with Gasteiger partial charge in [-0.05, 0) is 49.2 Å². The van der Waals surface area contributed by atoms with Gasteiger partial charge in [0, 0.05) is 12.0 Å². The molecule has 160 valence electrons. The summed E-state index contributed by atoms with van der Waals surface area (Å²) in [6.07, 6.45) is -2.41. The molecule has 1 fully saturated rings. The molecule has 4 rings (SSSR count). The lowest BCUT2D eigenvalue weighted by atomic mass is 10.1. The van der Waals surface area contributed by atoms with Gasteiger partial charge in [0.05, 0.1) is 22.5 Å². The number of nitrogens with one attached hydrogen (secondary N) is 1. The molecule has 31 heavy (non-hydrogen) atoms. The van der Waals surface area contributed by atoms with Crippen molar-refractivity contribution in [3.05, 3.63) is 77.5 Å². The van der Waals surface area contributed by atoms with Gasteiger partial charge in [0.1, 0.15) is 5.82 Å². The maximum Gasteiger partial charge on any atom is 0.416 e. The van der Waals surface area contributed by atoms with Crippen LogP contribution in [-0.2, 0) is 15.7 Å². The van der Waals surface area contributed by atoms with Crippen molar-refractivity contribution in [3.63, 3.8) is 0 Å². The molecule has 1 heterocycles. The quantitative estimate of drug-likeness (QED) is 0.583. The molecule has 0 saturated heterocycles. The Balaban J connectivity index is 1.40. The van der Waals surface area contributed by atoms with Crippen LogP contribution >= 0.6 is 0 Å². The first-order chi connectivity index (χ1) is 14.8. The molecule has 1 aliphatic carbocycles. The van der Waals surface area contributed by atoms with E-state index in [1.807, 2.05) is 30.3 Å². The van der Waals surface area contributed by atoms with Crippen molar-refractivity contribution in [2.24, 2.45) is 0 Å². The third kappa shape index (κ3) is 4.93. The summed E-state index contributed by atoms with van der Waals surface area (Å²) >= 11 is 0. The summed E-state index contributed by atoms with van der Waals surface area (Å²) in [5.74, 6) is -0.652. The molecule has 3 aromatic rings. The molecule has 0 unspecified atom stereocenters. The maximum absolute atomic E-state index is 12.6. The van der Waals surface area contributed by atoms with Crippen molar-refractivity contribution in [1.82, 2.24) is 9.78 Å². The van der Waals surface area contributed by atoms with Gasteiger partial charge in [-0.15, -0.1) is 0 Å². The number of alkyl halides is 3. The first-order valence-corrected chi connectivity index (χ1v) is 9.61. The largest absolute Gasteiger partial charge is 0.452 e. The molecular weight excluding hydrogens is 411 g/mol. The second-order valence-corrected chi connectivity index (χ2v) is 7.18. The molecule has 6 nitrogen and oxygen atoms in total. The molecule has 0 atom stereocenters. The van der Waals surface area contributed by atoms with Crippen molar-refractivity contribution >= 4 is 17.7 Å². The van der Waals surface area contributed by atoms with E-state index >= 15 is 0 Å². The minimum absolute atomic E-state index is 0.0776. The number of hydrogen-bond donors (Lipinski definition) is 1. The van der Waals surface area contributed by atoms with Crippen molar-refractivity contribution in [2.75, 3.05) is 11.9 Å². The average Bonchev–Trinajstić information content (AvgIpc) is 3.53. The third-order valence-corrected chi connectivity index (χ3v) is 4.77. The topological polar surface area (TPSA) is 73.2 Å². The summed E-state index contributed by atoms with van der Waals surface area (Å²) in [4.78, 5) is 24.4. The summed E-state index contributed by atoms with van der Waals surface area (Å²) in [5, 5.41) is 7.25. The number of benzene rings is 2. The fraction of sp³-hybridized carbons (Fsp3) is 0.227. The summed E-state index contributed by atoms with van der Waals surface area (Å²) in [7, 11) is 0. The highest BCUT2D eigenvalue weighted by Gasteiger charge is 2.30. The van der Waals surface area contributed by atoms with E-state index in [1.54, 1.807) is 10.7 Å². The lowest BCUT2D eigenvalue weighted by molar-refractivity contribution is -0.137.